The lowest BCUT2D eigenvalue weighted by atomic mass is 9.95. The van der Waals surface area contributed by atoms with Crippen LogP contribution in [0.2, 0.25) is 0 Å². The van der Waals surface area contributed by atoms with Crippen LogP contribution in [-0.2, 0) is 17.6 Å². The van der Waals surface area contributed by atoms with Crippen LogP contribution in [0.3, 0.4) is 0 Å². The number of aromatic nitrogens is 2. The summed E-state index contributed by atoms with van der Waals surface area (Å²) in [5.41, 5.74) is 6.70. The lowest BCUT2D eigenvalue weighted by molar-refractivity contribution is -0.115. The number of carbonyl (C=O) groups is 1. The molecule has 2 N–H and O–H groups in total. The Kier molecular flexibility index (Phi) is 5.36. The van der Waals surface area contributed by atoms with E-state index in [0.717, 1.165) is 55.2 Å². The number of amides is 1. The fourth-order valence-electron chi connectivity index (χ4n) is 4.27. The van der Waals surface area contributed by atoms with Gasteiger partial charge in [-0.1, -0.05) is 37.4 Å². The highest BCUT2D eigenvalue weighted by atomic mass is 32.2. The number of hydrogen-bond donors (Lipinski definition) is 1. The maximum Gasteiger partial charge on any atom is 0.263 e. The van der Waals surface area contributed by atoms with Crippen molar-refractivity contribution in [1.29, 1.82) is 0 Å². The fraction of sp³-hybridized carbons (Fsp3) is 0.632. The molecule has 1 saturated carbocycles. The Bertz CT molecular complexity index is 881. The molecule has 1 fully saturated rings. The number of rotatable bonds is 4. The highest BCUT2D eigenvalue weighted by molar-refractivity contribution is 7.99. The van der Waals surface area contributed by atoms with Crippen LogP contribution in [0.4, 0.5) is 0 Å². The maximum absolute atomic E-state index is 13.5. The van der Waals surface area contributed by atoms with Gasteiger partial charge in [0, 0.05) is 10.9 Å². The normalized spacial score (nSPS) is 18.6. The average Bonchev–Trinajstić information content (AvgIpc) is 2.82. The van der Waals surface area contributed by atoms with Crippen molar-refractivity contribution < 1.29 is 4.79 Å². The highest BCUT2D eigenvalue weighted by Gasteiger charge is 2.26. The molecule has 0 spiro atoms. The van der Waals surface area contributed by atoms with Gasteiger partial charge in [-0.2, -0.15) is 0 Å². The van der Waals surface area contributed by atoms with Crippen molar-refractivity contribution in [3.63, 3.8) is 0 Å². The van der Waals surface area contributed by atoms with Gasteiger partial charge < -0.3 is 5.73 Å². The molecule has 0 unspecified atom stereocenters. The van der Waals surface area contributed by atoms with E-state index in [1.807, 2.05) is 4.57 Å². The Morgan fingerprint density at radius 2 is 1.88 bits per heavy atom. The lowest BCUT2D eigenvalue weighted by Crippen LogP contribution is -2.29. The summed E-state index contributed by atoms with van der Waals surface area (Å²) in [5.74, 6) is -0.211. The van der Waals surface area contributed by atoms with E-state index in [4.69, 9.17) is 10.7 Å². The van der Waals surface area contributed by atoms with Crippen molar-refractivity contribution in [1.82, 2.24) is 9.55 Å². The second kappa shape index (κ2) is 7.72. The molecule has 140 valence electrons. The van der Waals surface area contributed by atoms with Crippen LogP contribution in [0.25, 0.3) is 10.2 Å². The van der Waals surface area contributed by atoms with Gasteiger partial charge in [0.1, 0.15) is 4.83 Å². The fourth-order valence-corrected chi connectivity index (χ4v) is 6.38. The van der Waals surface area contributed by atoms with Crippen molar-refractivity contribution in [3.05, 3.63) is 20.8 Å². The van der Waals surface area contributed by atoms with Gasteiger partial charge >= 0.3 is 0 Å². The van der Waals surface area contributed by atoms with Crippen molar-refractivity contribution in [2.24, 2.45) is 5.73 Å². The Morgan fingerprint density at radius 3 is 2.65 bits per heavy atom. The lowest BCUT2D eigenvalue weighted by Gasteiger charge is -2.25. The minimum Gasteiger partial charge on any atom is -0.369 e. The standard InChI is InChI=1S/C19H25N3O2S2/c20-15(23)11-25-19-21-17-16(13-9-5-2-6-10-14(13)26-17)18(24)22(19)12-7-3-1-4-8-12/h12H,1-11H2,(H2,20,23). The predicted molar refractivity (Wildman–Crippen MR) is 107 cm³/mol. The molecule has 1 amide bonds. The van der Waals surface area contributed by atoms with Crippen molar-refractivity contribution in [3.8, 4) is 0 Å². The molecule has 0 aromatic carbocycles. The summed E-state index contributed by atoms with van der Waals surface area (Å²) < 4.78 is 1.90. The molecule has 2 aliphatic carbocycles. The van der Waals surface area contributed by atoms with Gasteiger partial charge in [-0.05, 0) is 44.1 Å². The molecular formula is C19H25N3O2S2. The van der Waals surface area contributed by atoms with Gasteiger partial charge in [-0.25, -0.2) is 4.98 Å². The van der Waals surface area contributed by atoms with Crippen LogP contribution in [0.1, 0.15) is 67.8 Å². The third-order valence-electron chi connectivity index (χ3n) is 5.52. The van der Waals surface area contributed by atoms with E-state index in [9.17, 15) is 9.59 Å². The van der Waals surface area contributed by atoms with Crippen LogP contribution in [0, 0.1) is 0 Å². The number of nitrogens with two attached hydrogens (primary N) is 1. The third kappa shape index (κ3) is 3.43. The first-order valence-electron chi connectivity index (χ1n) is 9.63. The van der Waals surface area contributed by atoms with Crippen molar-refractivity contribution >= 4 is 39.2 Å². The van der Waals surface area contributed by atoms with Crippen LogP contribution >= 0.6 is 23.1 Å². The summed E-state index contributed by atoms with van der Waals surface area (Å²) in [6, 6.07) is 0.199. The molecule has 26 heavy (non-hydrogen) atoms. The van der Waals surface area contributed by atoms with E-state index >= 15 is 0 Å². The molecule has 0 radical (unpaired) electrons. The summed E-state index contributed by atoms with van der Waals surface area (Å²) in [6.45, 7) is 0. The Morgan fingerprint density at radius 1 is 1.15 bits per heavy atom. The van der Waals surface area contributed by atoms with E-state index < -0.39 is 0 Å². The molecule has 0 saturated heterocycles. The molecule has 0 aliphatic heterocycles. The molecular weight excluding hydrogens is 366 g/mol. The van der Waals surface area contributed by atoms with E-state index in [2.05, 4.69) is 0 Å². The second-order valence-corrected chi connectivity index (χ2v) is 9.39. The largest absolute Gasteiger partial charge is 0.369 e. The van der Waals surface area contributed by atoms with E-state index in [1.54, 1.807) is 11.3 Å². The molecule has 2 heterocycles. The van der Waals surface area contributed by atoms with Gasteiger partial charge in [-0.15, -0.1) is 11.3 Å². The molecule has 2 aliphatic rings. The number of thiophene rings is 1. The highest BCUT2D eigenvalue weighted by Crippen LogP contribution is 2.36. The zero-order chi connectivity index (χ0) is 18.1. The number of thioether (sulfide) groups is 1. The summed E-state index contributed by atoms with van der Waals surface area (Å²) in [7, 11) is 0. The topological polar surface area (TPSA) is 78.0 Å². The molecule has 2 aromatic heterocycles. The van der Waals surface area contributed by atoms with Crippen LogP contribution in [-0.4, -0.2) is 21.2 Å². The SMILES string of the molecule is NC(=O)CSc1nc2sc3c(c2c(=O)n1C1CCCCC1)CCCCC3. The second-order valence-electron chi connectivity index (χ2n) is 7.36. The smallest absolute Gasteiger partial charge is 0.263 e. The van der Waals surface area contributed by atoms with Crippen molar-refractivity contribution in [2.75, 3.05) is 5.75 Å². The summed E-state index contributed by atoms with van der Waals surface area (Å²) >= 11 is 2.99. The number of hydrogen-bond acceptors (Lipinski definition) is 5. The Balaban J connectivity index is 1.87. The molecule has 2 aromatic rings. The van der Waals surface area contributed by atoms with E-state index in [-0.39, 0.29) is 23.3 Å². The van der Waals surface area contributed by atoms with Gasteiger partial charge in [-0.3, -0.25) is 14.2 Å². The number of fused-ring (bicyclic) bond motifs is 3. The monoisotopic (exact) mass is 391 g/mol. The zero-order valence-corrected chi connectivity index (χ0v) is 16.6. The quantitative estimate of drug-likeness (QED) is 0.488. The van der Waals surface area contributed by atoms with Crippen LogP contribution in [0.15, 0.2) is 9.95 Å². The molecule has 0 bridgehead atoms. The predicted octanol–water partition coefficient (Wildman–Crippen LogP) is 3.81. The summed E-state index contributed by atoms with van der Waals surface area (Å²) in [6.07, 6.45) is 11.2. The first kappa shape index (κ1) is 18.0. The van der Waals surface area contributed by atoms with Crippen molar-refractivity contribution in [2.45, 2.75) is 75.4 Å². The number of carbonyl (C=O) groups excluding carboxylic acids is 1. The molecule has 5 nitrogen and oxygen atoms in total. The van der Waals surface area contributed by atoms with E-state index in [1.165, 1.54) is 41.5 Å². The Labute approximate surface area is 161 Å². The number of nitrogens with zero attached hydrogens (tertiary/aromatic N) is 2. The summed E-state index contributed by atoms with van der Waals surface area (Å²) in [5, 5.41) is 1.52. The maximum atomic E-state index is 13.5. The first-order chi connectivity index (χ1) is 12.6. The van der Waals surface area contributed by atoms with Crippen LogP contribution < -0.4 is 11.3 Å². The molecule has 7 heteroatoms. The Hall–Kier alpha value is -1.34. The number of aryl methyl sites for hydroxylation is 2. The van der Waals surface area contributed by atoms with Gasteiger partial charge in [0.05, 0.1) is 11.1 Å². The van der Waals surface area contributed by atoms with Crippen LogP contribution in [0.5, 0.6) is 0 Å². The average molecular weight is 392 g/mol. The first-order valence-corrected chi connectivity index (χ1v) is 11.4. The van der Waals surface area contributed by atoms with Gasteiger partial charge in [0.25, 0.3) is 5.56 Å². The third-order valence-corrected chi connectivity index (χ3v) is 7.68. The van der Waals surface area contributed by atoms with Gasteiger partial charge in [0.2, 0.25) is 5.91 Å². The van der Waals surface area contributed by atoms with Gasteiger partial charge in [0.15, 0.2) is 5.16 Å². The zero-order valence-electron chi connectivity index (χ0n) is 15.0. The van der Waals surface area contributed by atoms with E-state index in [0.29, 0.717) is 5.16 Å². The minimum atomic E-state index is -0.374. The summed E-state index contributed by atoms with van der Waals surface area (Å²) in [4.78, 5) is 31.9. The molecule has 0 atom stereocenters. The minimum absolute atomic E-state index is 0.105. The molecule has 4 rings (SSSR count). The number of primary amides is 1.